The van der Waals surface area contributed by atoms with Gasteiger partial charge in [0, 0.05) is 11.5 Å². The van der Waals surface area contributed by atoms with E-state index < -0.39 is 0 Å². The van der Waals surface area contributed by atoms with Crippen molar-refractivity contribution in [2.45, 2.75) is 19.3 Å². The number of benzene rings is 2. The third kappa shape index (κ3) is 2.06. The maximum atomic E-state index is 5.49. The lowest BCUT2D eigenvalue weighted by atomic mass is 9.88. The maximum absolute atomic E-state index is 5.49. The van der Waals surface area contributed by atoms with Crippen molar-refractivity contribution in [3.05, 3.63) is 70.8 Å². The van der Waals surface area contributed by atoms with E-state index in [2.05, 4.69) is 49.4 Å². The molecular formula is C18H18O. The summed E-state index contributed by atoms with van der Waals surface area (Å²) in [6.45, 7) is 2.25. The van der Waals surface area contributed by atoms with E-state index >= 15 is 0 Å². The fourth-order valence-electron chi connectivity index (χ4n) is 2.89. The summed E-state index contributed by atoms with van der Waals surface area (Å²) in [6.07, 6.45) is 5.54. The van der Waals surface area contributed by atoms with Crippen LogP contribution in [-0.4, -0.2) is 7.11 Å². The van der Waals surface area contributed by atoms with Gasteiger partial charge in [0.05, 0.1) is 7.11 Å². The average molecular weight is 250 g/mol. The van der Waals surface area contributed by atoms with E-state index in [9.17, 15) is 0 Å². The van der Waals surface area contributed by atoms with Crippen molar-refractivity contribution in [1.82, 2.24) is 0 Å². The Hall–Kier alpha value is -2.02. The van der Waals surface area contributed by atoms with Gasteiger partial charge in [0.15, 0.2) is 0 Å². The van der Waals surface area contributed by atoms with Gasteiger partial charge < -0.3 is 4.74 Å². The van der Waals surface area contributed by atoms with Crippen LogP contribution in [0.4, 0.5) is 0 Å². The minimum absolute atomic E-state index is 0.342. The highest BCUT2D eigenvalue weighted by Gasteiger charge is 2.18. The van der Waals surface area contributed by atoms with Gasteiger partial charge in [-0.2, -0.15) is 0 Å². The van der Waals surface area contributed by atoms with E-state index in [1.807, 2.05) is 12.1 Å². The van der Waals surface area contributed by atoms with Crippen LogP contribution in [0.3, 0.4) is 0 Å². The minimum Gasteiger partial charge on any atom is -0.496 e. The monoisotopic (exact) mass is 250 g/mol. The summed E-state index contributed by atoms with van der Waals surface area (Å²) in [5, 5.41) is 0. The van der Waals surface area contributed by atoms with Crippen LogP contribution in [0.15, 0.2) is 48.5 Å². The molecule has 3 rings (SSSR count). The van der Waals surface area contributed by atoms with Crippen molar-refractivity contribution in [1.29, 1.82) is 0 Å². The molecule has 1 nitrogen and oxygen atoms in total. The molecule has 1 aliphatic rings. The van der Waals surface area contributed by atoms with Gasteiger partial charge in [-0.1, -0.05) is 55.5 Å². The van der Waals surface area contributed by atoms with Gasteiger partial charge in [-0.25, -0.2) is 0 Å². The zero-order valence-electron chi connectivity index (χ0n) is 11.4. The van der Waals surface area contributed by atoms with Gasteiger partial charge in [0.2, 0.25) is 0 Å². The zero-order valence-corrected chi connectivity index (χ0v) is 11.4. The second-order valence-corrected chi connectivity index (χ2v) is 4.99. The summed E-state index contributed by atoms with van der Waals surface area (Å²) in [7, 11) is 1.74. The van der Waals surface area contributed by atoms with Gasteiger partial charge >= 0.3 is 0 Å². The SMILES string of the molecule is COc1ccccc1C(C)c1cccc2c1C=CC2. The van der Waals surface area contributed by atoms with Crippen LogP contribution in [0.2, 0.25) is 0 Å². The standard InChI is InChI=1S/C18H18O/c1-13(16-9-3-4-12-18(16)19-2)15-10-5-7-14-8-6-11-17(14)15/h3-7,9-13H,8H2,1-2H3. The third-order valence-corrected chi connectivity index (χ3v) is 3.92. The molecule has 1 atom stereocenters. The van der Waals surface area contributed by atoms with Crippen molar-refractivity contribution in [2.24, 2.45) is 0 Å². The molecule has 1 unspecified atom stereocenters. The average Bonchev–Trinajstić information content (AvgIpc) is 2.94. The number of hydrogen-bond donors (Lipinski definition) is 0. The van der Waals surface area contributed by atoms with Crippen LogP contribution >= 0.6 is 0 Å². The predicted octanol–water partition coefficient (Wildman–Crippen LogP) is 4.42. The topological polar surface area (TPSA) is 9.23 Å². The number of allylic oxidation sites excluding steroid dienone is 1. The zero-order chi connectivity index (χ0) is 13.2. The Kier molecular flexibility index (Phi) is 3.12. The first-order valence-electron chi connectivity index (χ1n) is 6.72. The van der Waals surface area contributed by atoms with Crippen molar-refractivity contribution >= 4 is 6.08 Å². The molecule has 0 aromatic heterocycles. The third-order valence-electron chi connectivity index (χ3n) is 3.92. The molecule has 0 amide bonds. The van der Waals surface area contributed by atoms with Crippen LogP contribution in [-0.2, 0) is 6.42 Å². The van der Waals surface area contributed by atoms with Crippen LogP contribution in [0, 0.1) is 0 Å². The molecule has 2 aromatic rings. The molecule has 1 heteroatoms. The van der Waals surface area contributed by atoms with Gasteiger partial charge in [-0.05, 0) is 29.2 Å². The summed E-state index contributed by atoms with van der Waals surface area (Å²) in [6, 6.07) is 14.9. The Morgan fingerprint density at radius 1 is 1.00 bits per heavy atom. The molecule has 0 heterocycles. The van der Waals surface area contributed by atoms with E-state index in [-0.39, 0.29) is 0 Å². The first-order chi connectivity index (χ1) is 9.31. The number of ether oxygens (including phenoxy) is 1. The summed E-state index contributed by atoms with van der Waals surface area (Å²) in [4.78, 5) is 0. The Morgan fingerprint density at radius 3 is 2.63 bits per heavy atom. The normalized spacial score (nSPS) is 14.2. The van der Waals surface area contributed by atoms with E-state index in [4.69, 9.17) is 4.74 Å². The van der Waals surface area contributed by atoms with Crippen LogP contribution in [0.25, 0.3) is 6.08 Å². The maximum Gasteiger partial charge on any atom is 0.122 e. The fraction of sp³-hybridized carbons (Fsp3) is 0.222. The van der Waals surface area contributed by atoms with E-state index in [1.165, 1.54) is 22.3 Å². The van der Waals surface area contributed by atoms with Crippen LogP contribution in [0.1, 0.15) is 35.1 Å². The highest BCUT2D eigenvalue weighted by molar-refractivity contribution is 5.65. The Balaban J connectivity index is 2.07. The fourth-order valence-corrected chi connectivity index (χ4v) is 2.89. The molecule has 0 radical (unpaired) electrons. The Bertz CT molecular complexity index is 625. The highest BCUT2D eigenvalue weighted by atomic mass is 16.5. The molecule has 0 aliphatic heterocycles. The number of methoxy groups -OCH3 is 1. The van der Waals surface area contributed by atoms with Crippen molar-refractivity contribution in [3.8, 4) is 5.75 Å². The summed E-state index contributed by atoms with van der Waals surface area (Å²) in [5.74, 6) is 1.31. The number of fused-ring (bicyclic) bond motifs is 1. The molecule has 96 valence electrons. The molecule has 0 bridgehead atoms. The summed E-state index contributed by atoms with van der Waals surface area (Å²) < 4.78 is 5.49. The Labute approximate surface area is 114 Å². The lowest BCUT2D eigenvalue weighted by molar-refractivity contribution is 0.408. The number of rotatable bonds is 3. The first kappa shape index (κ1) is 12.0. The second kappa shape index (κ2) is 4.93. The number of para-hydroxylation sites is 1. The second-order valence-electron chi connectivity index (χ2n) is 4.99. The molecule has 0 spiro atoms. The molecule has 0 saturated heterocycles. The van der Waals surface area contributed by atoms with Crippen molar-refractivity contribution in [3.63, 3.8) is 0 Å². The van der Waals surface area contributed by atoms with Crippen LogP contribution in [0.5, 0.6) is 5.75 Å². The molecule has 0 fully saturated rings. The van der Waals surface area contributed by atoms with E-state index in [1.54, 1.807) is 7.11 Å². The lowest BCUT2D eigenvalue weighted by Crippen LogP contribution is -2.02. The predicted molar refractivity (Wildman–Crippen MR) is 79.7 cm³/mol. The smallest absolute Gasteiger partial charge is 0.122 e. The molecular weight excluding hydrogens is 232 g/mol. The highest BCUT2D eigenvalue weighted by Crippen LogP contribution is 2.36. The largest absolute Gasteiger partial charge is 0.496 e. The first-order valence-corrected chi connectivity index (χ1v) is 6.72. The van der Waals surface area contributed by atoms with Crippen molar-refractivity contribution in [2.75, 3.05) is 7.11 Å². The van der Waals surface area contributed by atoms with Crippen LogP contribution < -0.4 is 4.74 Å². The van der Waals surface area contributed by atoms with E-state index in [0.29, 0.717) is 5.92 Å². The summed E-state index contributed by atoms with van der Waals surface area (Å²) in [5.41, 5.74) is 5.45. The minimum atomic E-state index is 0.342. The molecule has 2 aromatic carbocycles. The molecule has 19 heavy (non-hydrogen) atoms. The van der Waals surface area contributed by atoms with E-state index in [0.717, 1.165) is 12.2 Å². The Morgan fingerprint density at radius 2 is 1.79 bits per heavy atom. The van der Waals surface area contributed by atoms with Gasteiger partial charge in [-0.3, -0.25) is 0 Å². The quantitative estimate of drug-likeness (QED) is 0.783. The molecule has 0 N–H and O–H groups in total. The van der Waals surface area contributed by atoms with Gasteiger partial charge in [0.25, 0.3) is 0 Å². The van der Waals surface area contributed by atoms with Gasteiger partial charge in [-0.15, -0.1) is 0 Å². The summed E-state index contributed by atoms with van der Waals surface area (Å²) >= 11 is 0. The number of hydrogen-bond acceptors (Lipinski definition) is 1. The molecule has 1 aliphatic carbocycles. The van der Waals surface area contributed by atoms with Gasteiger partial charge in [0.1, 0.15) is 5.75 Å². The van der Waals surface area contributed by atoms with Crippen molar-refractivity contribution < 1.29 is 4.74 Å². The molecule has 0 saturated carbocycles. The lowest BCUT2D eigenvalue weighted by Gasteiger charge is -2.18.